The topological polar surface area (TPSA) is 67.2 Å². The minimum atomic E-state index is -4.41. The number of pyridine rings is 1. The van der Waals surface area contributed by atoms with E-state index in [1.807, 2.05) is 9.80 Å². The number of piperazine rings is 1. The lowest BCUT2D eigenvalue weighted by atomic mass is 10.3. The third-order valence-corrected chi connectivity index (χ3v) is 6.04. The van der Waals surface area contributed by atoms with E-state index in [4.69, 9.17) is 0 Å². The number of rotatable bonds is 4. The molecule has 31 heavy (non-hydrogen) atoms. The second-order valence-corrected chi connectivity index (χ2v) is 8.20. The fraction of sp³-hybridized carbons (Fsp3) is 0.368. The summed E-state index contributed by atoms with van der Waals surface area (Å²) in [5.41, 5.74) is -0.291. The molecule has 0 aromatic carbocycles. The Bertz CT molecular complexity index is 1140. The van der Waals surface area contributed by atoms with E-state index < -0.39 is 16.7 Å². The van der Waals surface area contributed by atoms with Crippen molar-refractivity contribution in [3.05, 3.63) is 62.2 Å². The van der Waals surface area contributed by atoms with Gasteiger partial charge in [0.2, 0.25) is 0 Å². The molecule has 0 amide bonds. The van der Waals surface area contributed by atoms with Crippen molar-refractivity contribution in [2.45, 2.75) is 19.6 Å². The van der Waals surface area contributed by atoms with Gasteiger partial charge in [0, 0.05) is 31.1 Å². The number of aromatic nitrogens is 4. The summed E-state index contributed by atoms with van der Waals surface area (Å²) in [4.78, 5) is 24.2. The van der Waals surface area contributed by atoms with E-state index in [0.717, 1.165) is 10.7 Å². The molecule has 1 aliphatic rings. The first kappa shape index (κ1) is 21.2. The Kier molecular flexibility index (Phi) is 5.65. The average molecular weight is 454 g/mol. The second kappa shape index (κ2) is 8.25. The number of nitrogens with zero attached hydrogens (tertiary/aromatic N) is 6. The number of hydrogen-bond donors (Lipinski definition) is 0. The number of thiophene rings is 1. The quantitative estimate of drug-likeness (QED) is 0.565. The molecule has 164 valence electrons. The molecule has 12 heteroatoms. The molecular formula is C19H18F4N6OS. The normalized spacial score (nSPS) is 14.9. The van der Waals surface area contributed by atoms with Crippen molar-refractivity contribution in [2.24, 2.45) is 0 Å². The van der Waals surface area contributed by atoms with Crippen LogP contribution in [0.5, 0.6) is 0 Å². The third-order valence-electron chi connectivity index (χ3n) is 4.92. The summed E-state index contributed by atoms with van der Waals surface area (Å²) in [7, 11) is 0. The van der Waals surface area contributed by atoms with E-state index in [2.05, 4.69) is 15.1 Å². The number of halogens is 4. The van der Waals surface area contributed by atoms with Gasteiger partial charge in [-0.25, -0.2) is 18.9 Å². The van der Waals surface area contributed by atoms with E-state index in [9.17, 15) is 22.4 Å². The lowest BCUT2D eigenvalue weighted by Crippen LogP contribution is -2.47. The molecule has 0 saturated carbocycles. The lowest BCUT2D eigenvalue weighted by Gasteiger charge is -2.35. The summed E-state index contributed by atoms with van der Waals surface area (Å²) < 4.78 is 52.7. The SMILES string of the molecule is Cc1nc(N2CCN(c3cnn(Cc4ccc(C(F)(F)F)s4)c(=O)n3)CC2)ccc1F. The van der Waals surface area contributed by atoms with Crippen LogP contribution in [-0.4, -0.2) is 45.9 Å². The maximum atomic E-state index is 13.4. The van der Waals surface area contributed by atoms with Crippen LogP contribution in [0.25, 0.3) is 0 Å². The van der Waals surface area contributed by atoms with Crippen LogP contribution >= 0.6 is 11.3 Å². The summed E-state index contributed by atoms with van der Waals surface area (Å²) in [5, 5.41) is 4.08. The van der Waals surface area contributed by atoms with Crippen LogP contribution < -0.4 is 15.5 Å². The predicted octanol–water partition coefficient (Wildman–Crippen LogP) is 2.94. The van der Waals surface area contributed by atoms with Gasteiger partial charge in [0.05, 0.1) is 18.4 Å². The van der Waals surface area contributed by atoms with E-state index in [-0.39, 0.29) is 12.4 Å². The molecule has 3 aromatic heterocycles. The number of hydrogen-bond acceptors (Lipinski definition) is 7. The lowest BCUT2D eigenvalue weighted by molar-refractivity contribution is -0.134. The van der Waals surface area contributed by atoms with Crippen LogP contribution in [0.15, 0.2) is 35.3 Å². The first-order valence-corrected chi connectivity index (χ1v) is 10.3. The highest BCUT2D eigenvalue weighted by Gasteiger charge is 2.32. The van der Waals surface area contributed by atoms with Gasteiger partial charge in [-0.15, -0.1) is 11.3 Å². The molecule has 3 aromatic rings. The van der Waals surface area contributed by atoms with Crippen LogP contribution in [0.3, 0.4) is 0 Å². The van der Waals surface area contributed by atoms with Crippen LogP contribution in [0.4, 0.5) is 29.2 Å². The Balaban J connectivity index is 1.41. The first-order chi connectivity index (χ1) is 14.7. The fourth-order valence-corrected chi connectivity index (χ4v) is 4.11. The van der Waals surface area contributed by atoms with Crippen LogP contribution in [-0.2, 0) is 12.7 Å². The largest absolute Gasteiger partial charge is 0.425 e. The minimum Gasteiger partial charge on any atom is -0.353 e. The van der Waals surface area contributed by atoms with Gasteiger partial charge in [0.1, 0.15) is 16.5 Å². The van der Waals surface area contributed by atoms with Gasteiger partial charge in [-0.05, 0) is 31.2 Å². The summed E-state index contributed by atoms with van der Waals surface area (Å²) in [6.45, 7) is 3.89. The predicted molar refractivity (Wildman–Crippen MR) is 108 cm³/mol. The van der Waals surface area contributed by atoms with Crippen molar-refractivity contribution in [3.8, 4) is 0 Å². The minimum absolute atomic E-state index is 0.0732. The van der Waals surface area contributed by atoms with Gasteiger partial charge in [0.25, 0.3) is 0 Å². The van der Waals surface area contributed by atoms with Crippen LogP contribution in [0, 0.1) is 12.7 Å². The molecule has 4 heterocycles. The van der Waals surface area contributed by atoms with Gasteiger partial charge in [-0.1, -0.05) is 0 Å². The zero-order valence-corrected chi connectivity index (χ0v) is 17.3. The second-order valence-electron chi connectivity index (χ2n) is 7.03. The highest BCUT2D eigenvalue weighted by molar-refractivity contribution is 7.12. The van der Waals surface area contributed by atoms with E-state index >= 15 is 0 Å². The smallest absolute Gasteiger partial charge is 0.353 e. The molecule has 0 atom stereocenters. The van der Waals surface area contributed by atoms with Crippen LogP contribution in [0.2, 0.25) is 0 Å². The van der Waals surface area contributed by atoms with Gasteiger partial charge < -0.3 is 9.80 Å². The molecule has 0 bridgehead atoms. The summed E-state index contributed by atoms with van der Waals surface area (Å²) in [5.74, 6) is 0.746. The molecule has 0 aliphatic carbocycles. The Hall–Kier alpha value is -3.02. The van der Waals surface area contributed by atoms with E-state index in [0.29, 0.717) is 59.7 Å². The molecule has 1 aliphatic heterocycles. The number of alkyl halides is 3. The molecular weight excluding hydrogens is 436 g/mol. The van der Waals surface area contributed by atoms with Crippen molar-refractivity contribution >= 4 is 23.0 Å². The highest BCUT2D eigenvalue weighted by atomic mass is 32.1. The fourth-order valence-electron chi connectivity index (χ4n) is 3.25. The van der Waals surface area contributed by atoms with Crippen molar-refractivity contribution in [2.75, 3.05) is 36.0 Å². The molecule has 4 rings (SSSR count). The summed E-state index contributed by atoms with van der Waals surface area (Å²) in [6, 6.07) is 5.35. The molecule has 0 unspecified atom stereocenters. The molecule has 0 N–H and O–H groups in total. The van der Waals surface area contributed by atoms with Gasteiger partial charge in [-0.3, -0.25) is 0 Å². The Morgan fingerprint density at radius 2 is 1.68 bits per heavy atom. The maximum absolute atomic E-state index is 13.4. The average Bonchev–Trinajstić information content (AvgIpc) is 3.21. The Morgan fingerprint density at radius 1 is 1.00 bits per heavy atom. The maximum Gasteiger partial charge on any atom is 0.425 e. The van der Waals surface area contributed by atoms with Crippen LogP contribution in [0.1, 0.15) is 15.4 Å². The standard InChI is InChI=1S/C19H18F4N6OS/c1-12-14(20)3-5-16(25-12)27-6-8-28(9-7-27)17-10-24-29(18(30)26-17)11-13-2-4-15(31-13)19(21,22)23/h2-5,10H,6-9,11H2,1H3. The van der Waals surface area contributed by atoms with Gasteiger partial charge >= 0.3 is 11.9 Å². The molecule has 1 saturated heterocycles. The van der Waals surface area contributed by atoms with Crippen molar-refractivity contribution < 1.29 is 17.6 Å². The zero-order valence-electron chi connectivity index (χ0n) is 16.4. The Morgan fingerprint density at radius 3 is 2.26 bits per heavy atom. The number of aryl methyl sites for hydroxylation is 1. The molecule has 1 fully saturated rings. The van der Waals surface area contributed by atoms with Crippen molar-refractivity contribution in [1.82, 2.24) is 19.7 Å². The third kappa shape index (κ3) is 4.68. The highest BCUT2D eigenvalue weighted by Crippen LogP contribution is 2.34. The Labute approximate surface area is 178 Å². The molecule has 0 spiro atoms. The molecule has 0 radical (unpaired) electrons. The summed E-state index contributed by atoms with van der Waals surface area (Å²) in [6.07, 6.45) is -2.97. The van der Waals surface area contributed by atoms with Gasteiger partial charge in [-0.2, -0.15) is 23.3 Å². The van der Waals surface area contributed by atoms with Crippen molar-refractivity contribution in [3.63, 3.8) is 0 Å². The van der Waals surface area contributed by atoms with Crippen molar-refractivity contribution in [1.29, 1.82) is 0 Å². The first-order valence-electron chi connectivity index (χ1n) is 9.44. The monoisotopic (exact) mass is 454 g/mol. The number of anilines is 2. The zero-order chi connectivity index (χ0) is 22.2. The summed E-state index contributed by atoms with van der Waals surface area (Å²) >= 11 is 0.578. The van der Waals surface area contributed by atoms with E-state index in [1.54, 1.807) is 13.0 Å². The van der Waals surface area contributed by atoms with Gasteiger partial charge in [0.15, 0.2) is 5.82 Å². The molecule has 7 nitrogen and oxygen atoms in total. The van der Waals surface area contributed by atoms with E-state index in [1.165, 1.54) is 18.3 Å².